The van der Waals surface area contributed by atoms with Crippen molar-refractivity contribution in [3.63, 3.8) is 0 Å². The molecule has 0 saturated carbocycles. The van der Waals surface area contributed by atoms with Crippen LogP contribution in [0.3, 0.4) is 0 Å². The number of nitrogens with one attached hydrogen (secondary N) is 3. The number of nitrogens with zero attached hydrogens (tertiary/aromatic N) is 1. The number of aliphatic imine (C=N–C) groups is 1. The molecule has 1 unspecified atom stereocenters. The highest BCUT2D eigenvalue weighted by Crippen LogP contribution is 2.19. The minimum atomic E-state index is -3.18. The summed E-state index contributed by atoms with van der Waals surface area (Å²) in [7, 11) is -1.56. The Morgan fingerprint density at radius 3 is 2.52 bits per heavy atom. The van der Waals surface area contributed by atoms with Gasteiger partial charge in [0.1, 0.15) is 17.6 Å². The summed E-state index contributed by atoms with van der Waals surface area (Å²) in [6, 6.07) is 7.41. The summed E-state index contributed by atoms with van der Waals surface area (Å²) < 4.78 is 36.3. The third-order valence-corrected chi connectivity index (χ3v) is 4.75. The molecule has 0 spiro atoms. The van der Waals surface area contributed by atoms with E-state index in [1.165, 1.54) is 0 Å². The smallest absolute Gasteiger partial charge is 0.211 e. The van der Waals surface area contributed by atoms with Crippen LogP contribution in [0.5, 0.6) is 11.5 Å². The first kappa shape index (κ1) is 25.7. The van der Waals surface area contributed by atoms with Crippen LogP contribution in [0.2, 0.25) is 0 Å². The number of methoxy groups -OCH3 is 1. The zero-order chi connectivity index (χ0) is 19.4. The Morgan fingerprint density at radius 2 is 1.89 bits per heavy atom. The molecule has 0 fully saturated rings. The third kappa shape index (κ3) is 11.2. The van der Waals surface area contributed by atoms with E-state index in [2.05, 4.69) is 20.3 Å². The number of benzene rings is 1. The number of hydrogen-bond acceptors (Lipinski definition) is 5. The molecule has 0 aliphatic rings. The van der Waals surface area contributed by atoms with Crippen molar-refractivity contribution in [2.45, 2.75) is 26.9 Å². The van der Waals surface area contributed by atoms with Gasteiger partial charge in [0, 0.05) is 25.7 Å². The Kier molecular flexibility index (Phi) is 13.2. The van der Waals surface area contributed by atoms with Gasteiger partial charge in [-0.2, -0.15) is 0 Å². The second-order valence-corrected chi connectivity index (χ2v) is 7.65. The molecule has 0 aliphatic carbocycles. The molecule has 8 nitrogen and oxygen atoms in total. The number of sulfonamides is 1. The standard InChI is InChI=1S/C17H30N4O4S.HI/c1-5-18-17(19-10-11-21-26(22,23)6-2)20-13-14(3)25-16-9-7-8-15(12-16)24-4;/h7-9,12,14,21H,5-6,10-11,13H2,1-4H3,(H2,18,19,20);1H. The molecule has 0 radical (unpaired) electrons. The fraction of sp³-hybridized carbons (Fsp3) is 0.588. The van der Waals surface area contributed by atoms with Crippen LogP contribution in [-0.4, -0.2) is 59.5 Å². The van der Waals surface area contributed by atoms with Crippen molar-refractivity contribution in [2.75, 3.05) is 39.0 Å². The second-order valence-electron chi connectivity index (χ2n) is 5.55. The normalized spacial score (nSPS) is 12.7. The van der Waals surface area contributed by atoms with Gasteiger partial charge in [0.2, 0.25) is 10.0 Å². The van der Waals surface area contributed by atoms with Gasteiger partial charge in [0.15, 0.2) is 5.96 Å². The van der Waals surface area contributed by atoms with E-state index in [9.17, 15) is 8.42 Å². The maximum Gasteiger partial charge on any atom is 0.211 e. The molecule has 3 N–H and O–H groups in total. The highest BCUT2D eigenvalue weighted by molar-refractivity contribution is 14.0. The quantitative estimate of drug-likeness (QED) is 0.180. The molecule has 0 saturated heterocycles. The molecule has 0 aliphatic heterocycles. The van der Waals surface area contributed by atoms with E-state index in [0.717, 1.165) is 11.5 Å². The lowest BCUT2D eigenvalue weighted by atomic mass is 10.3. The van der Waals surface area contributed by atoms with Crippen molar-refractivity contribution in [3.8, 4) is 11.5 Å². The Hall–Kier alpha value is -1.27. The number of halogens is 1. The highest BCUT2D eigenvalue weighted by atomic mass is 127. The van der Waals surface area contributed by atoms with Crippen molar-refractivity contribution < 1.29 is 17.9 Å². The van der Waals surface area contributed by atoms with Gasteiger partial charge in [0.25, 0.3) is 0 Å². The highest BCUT2D eigenvalue weighted by Gasteiger charge is 2.07. The number of rotatable bonds is 11. The molecule has 1 rings (SSSR count). The zero-order valence-corrected chi connectivity index (χ0v) is 19.5. The molecule has 156 valence electrons. The molecule has 0 heterocycles. The zero-order valence-electron chi connectivity index (χ0n) is 16.3. The second kappa shape index (κ2) is 13.8. The van der Waals surface area contributed by atoms with E-state index in [1.807, 2.05) is 38.1 Å². The Labute approximate surface area is 179 Å². The van der Waals surface area contributed by atoms with Gasteiger partial charge in [-0.15, -0.1) is 24.0 Å². The fourth-order valence-corrected chi connectivity index (χ4v) is 2.61. The van der Waals surface area contributed by atoms with Crippen LogP contribution in [0.4, 0.5) is 0 Å². The van der Waals surface area contributed by atoms with Crippen LogP contribution < -0.4 is 24.8 Å². The summed E-state index contributed by atoms with van der Waals surface area (Å²) in [5.41, 5.74) is 0. The molecule has 10 heteroatoms. The molecule has 27 heavy (non-hydrogen) atoms. The average Bonchev–Trinajstić information content (AvgIpc) is 2.63. The topological polar surface area (TPSA) is 101 Å². The van der Waals surface area contributed by atoms with Gasteiger partial charge in [-0.05, 0) is 32.9 Å². The number of hydrogen-bond donors (Lipinski definition) is 3. The average molecular weight is 514 g/mol. The summed E-state index contributed by atoms with van der Waals surface area (Å²) in [5, 5.41) is 6.21. The first-order chi connectivity index (χ1) is 12.4. The van der Waals surface area contributed by atoms with Gasteiger partial charge in [-0.25, -0.2) is 18.1 Å². The van der Waals surface area contributed by atoms with E-state index >= 15 is 0 Å². The monoisotopic (exact) mass is 514 g/mol. The molecular formula is C17H31IN4O4S. The minimum absolute atomic E-state index is 0. The van der Waals surface area contributed by atoms with Crippen LogP contribution >= 0.6 is 24.0 Å². The Morgan fingerprint density at radius 1 is 1.19 bits per heavy atom. The molecule has 0 aromatic heterocycles. The maximum absolute atomic E-state index is 11.4. The lowest BCUT2D eigenvalue weighted by Crippen LogP contribution is -2.42. The van der Waals surface area contributed by atoms with Crippen molar-refractivity contribution in [3.05, 3.63) is 24.3 Å². The van der Waals surface area contributed by atoms with Crippen LogP contribution in [0.15, 0.2) is 29.3 Å². The van der Waals surface area contributed by atoms with E-state index < -0.39 is 10.0 Å². The molecule has 1 atom stereocenters. The van der Waals surface area contributed by atoms with Crippen LogP contribution in [0.25, 0.3) is 0 Å². The van der Waals surface area contributed by atoms with Crippen molar-refractivity contribution >= 4 is 40.0 Å². The van der Waals surface area contributed by atoms with Gasteiger partial charge < -0.3 is 20.1 Å². The molecule has 0 amide bonds. The van der Waals surface area contributed by atoms with E-state index in [4.69, 9.17) is 9.47 Å². The van der Waals surface area contributed by atoms with Gasteiger partial charge in [0.05, 0.1) is 19.4 Å². The lowest BCUT2D eigenvalue weighted by molar-refractivity contribution is 0.229. The van der Waals surface area contributed by atoms with Crippen LogP contribution in [0, 0.1) is 0 Å². The van der Waals surface area contributed by atoms with Crippen LogP contribution in [-0.2, 0) is 10.0 Å². The van der Waals surface area contributed by atoms with Gasteiger partial charge in [-0.1, -0.05) is 6.07 Å². The fourth-order valence-electron chi connectivity index (χ4n) is 2.00. The maximum atomic E-state index is 11.4. The molecule has 1 aromatic carbocycles. The summed E-state index contributed by atoms with van der Waals surface area (Å²) >= 11 is 0. The predicted octanol–water partition coefficient (Wildman–Crippen LogP) is 1.57. The SMILES string of the molecule is CCNC(=NCC(C)Oc1cccc(OC)c1)NCCNS(=O)(=O)CC.I. The first-order valence-corrected chi connectivity index (χ1v) is 10.4. The lowest BCUT2D eigenvalue weighted by Gasteiger charge is -2.15. The summed E-state index contributed by atoms with van der Waals surface area (Å²) in [5.74, 6) is 2.14. The number of guanidine groups is 1. The van der Waals surface area contributed by atoms with E-state index in [0.29, 0.717) is 32.1 Å². The largest absolute Gasteiger partial charge is 0.497 e. The summed E-state index contributed by atoms with van der Waals surface area (Å²) in [4.78, 5) is 4.47. The third-order valence-electron chi connectivity index (χ3n) is 3.35. The minimum Gasteiger partial charge on any atom is -0.497 e. The van der Waals surface area contributed by atoms with Gasteiger partial charge in [-0.3, -0.25) is 0 Å². The molecule has 1 aromatic rings. The molecular weight excluding hydrogens is 483 g/mol. The number of ether oxygens (including phenoxy) is 2. The van der Waals surface area contributed by atoms with Crippen LogP contribution in [0.1, 0.15) is 20.8 Å². The van der Waals surface area contributed by atoms with Crippen molar-refractivity contribution in [2.24, 2.45) is 4.99 Å². The summed E-state index contributed by atoms with van der Waals surface area (Å²) in [6.07, 6.45) is -0.129. The van der Waals surface area contributed by atoms with Crippen molar-refractivity contribution in [1.82, 2.24) is 15.4 Å². The summed E-state index contributed by atoms with van der Waals surface area (Å²) in [6.45, 7) is 7.40. The van der Waals surface area contributed by atoms with Gasteiger partial charge >= 0.3 is 0 Å². The first-order valence-electron chi connectivity index (χ1n) is 8.70. The Balaban J connectivity index is 0.00000676. The van der Waals surface area contributed by atoms with E-state index in [1.54, 1.807) is 14.0 Å². The molecule has 0 bridgehead atoms. The van der Waals surface area contributed by atoms with Crippen molar-refractivity contribution in [1.29, 1.82) is 0 Å². The predicted molar refractivity (Wildman–Crippen MR) is 120 cm³/mol. The van der Waals surface area contributed by atoms with E-state index in [-0.39, 0.29) is 35.8 Å². The Bertz CT molecular complexity index is 671.